The van der Waals surface area contributed by atoms with Crippen molar-refractivity contribution in [3.05, 3.63) is 80.7 Å². The molecule has 0 aliphatic heterocycles. The lowest BCUT2D eigenvalue weighted by atomic mass is 10.0. The molecular formula is C24H23N3O2S. The summed E-state index contributed by atoms with van der Waals surface area (Å²) in [7, 11) is 0. The van der Waals surface area contributed by atoms with Crippen LogP contribution in [-0.4, -0.2) is 15.5 Å². The van der Waals surface area contributed by atoms with E-state index >= 15 is 0 Å². The van der Waals surface area contributed by atoms with E-state index in [1.165, 1.54) is 33.4 Å². The normalized spacial score (nSPS) is 11.1. The predicted molar refractivity (Wildman–Crippen MR) is 123 cm³/mol. The highest BCUT2D eigenvalue weighted by Gasteiger charge is 2.15. The summed E-state index contributed by atoms with van der Waals surface area (Å²) in [4.78, 5) is 30.9. The van der Waals surface area contributed by atoms with Crippen LogP contribution in [0.3, 0.4) is 0 Å². The maximum atomic E-state index is 13.2. The number of benzene rings is 2. The fraction of sp³-hybridized carbons (Fsp3) is 0.208. The molecule has 0 fully saturated rings. The smallest absolute Gasteiger partial charge is 0.263 e. The van der Waals surface area contributed by atoms with E-state index in [2.05, 4.69) is 36.3 Å². The minimum absolute atomic E-state index is 0.0859. The molecule has 2 aromatic heterocycles. The number of hydrogen-bond donors (Lipinski definition) is 1. The molecule has 0 unspecified atom stereocenters. The predicted octanol–water partition coefficient (Wildman–Crippen LogP) is 5.00. The quantitative estimate of drug-likeness (QED) is 0.508. The van der Waals surface area contributed by atoms with Crippen LogP contribution in [0.25, 0.3) is 21.3 Å². The van der Waals surface area contributed by atoms with E-state index in [4.69, 9.17) is 0 Å². The average molecular weight is 418 g/mol. The molecule has 2 aromatic carbocycles. The molecule has 1 N–H and O–H groups in total. The number of aromatic nitrogens is 2. The fourth-order valence-corrected chi connectivity index (χ4v) is 4.34. The topological polar surface area (TPSA) is 64.0 Å². The molecule has 30 heavy (non-hydrogen) atoms. The number of hydrogen-bond acceptors (Lipinski definition) is 4. The lowest BCUT2D eigenvalue weighted by Gasteiger charge is -2.11. The molecular weight excluding hydrogens is 394 g/mol. The summed E-state index contributed by atoms with van der Waals surface area (Å²) in [5.74, 6) is -0.255. The van der Waals surface area contributed by atoms with Gasteiger partial charge in [-0.1, -0.05) is 30.3 Å². The molecule has 0 saturated carbocycles. The SMILES string of the molecule is Cc1ccc(-c2csc3ncn(CC(=O)Nc4cccc(C)c4C)c(=O)c23)cc1C. The number of thiophene rings is 1. The Morgan fingerprint density at radius 1 is 1.07 bits per heavy atom. The first-order valence-electron chi connectivity index (χ1n) is 9.75. The van der Waals surface area contributed by atoms with E-state index in [1.807, 2.05) is 43.5 Å². The third kappa shape index (κ3) is 3.66. The molecule has 1 amide bonds. The Hall–Kier alpha value is -3.25. The zero-order valence-electron chi connectivity index (χ0n) is 17.4. The fourth-order valence-electron chi connectivity index (χ4n) is 3.43. The molecule has 0 aliphatic carbocycles. The van der Waals surface area contributed by atoms with Gasteiger partial charge in [0.2, 0.25) is 5.91 Å². The first kappa shape index (κ1) is 20.0. The minimum atomic E-state index is -0.255. The van der Waals surface area contributed by atoms with Crippen molar-refractivity contribution < 1.29 is 4.79 Å². The molecule has 0 atom stereocenters. The second-order valence-electron chi connectivity index (χ2n) is 7.60. The molecule has 5 nitrogen and oxygen atoms in total. The Kier molecular flexibility index (Phi) is 5.26. The van der Waals surface area contributed by atoms with Gasteiger partial charge in [-0.15, -0.1) is 11.3 Å². The number of carbonyl (C=O) groups is 1. The molecule has 4 rings (SSSR count). The second-order valence-corrected chi connectivity index (χ2v) is 8.46. The van der Waals surface area contributed by atoms with Crippen molar-refractivity contribution in [2.45, 2.75) is 34.2 Å². The van der Waals surface area contributed by atoms with Crippen molar-refractivity contribution >= 4 is 33.1 Å². The van der Waals surface area contributed by atoms with E-state index in [1.54, 1.807) is 0 Å². The molecule has 0 bridgehead atoms. The maximum absolute atomic E-state index is 13.2. The van der Waals surface area contributed by atoms with Crippen LogP contribution < -0.4 is 10.9 Å². The van der Waals surface area contributed by atoms with Crippen LogP contribution in [0, 0.1) is 27.7 Å². The molecule has 152 valence electrons. The van der Waals surface area contributed by atoms with Gasteiger partial charge in [-0.05, 0) is 61.6 Å². The van der Waals surface area contributed by atoms with Crippen LogP contribution in [0.2, 0.25) is 0 Å². The average Bonchev–Trinajstić information content (AvgIpc) is 3.15. The Morgan fingerprint density at radius 3 is 2.63 bits per heavy atom. The van der Waals surface area contributed by atoms with Crippen LogP contribution in [-0.2, 0) is 11.3 Å². The van der Waals surface area contributed by atoms with Gasteiger partial charge in [-0.2, -0.15) is 0 Å². The van der Waals surface area contributed by atoms with Crippen molar-refractivity contribution in [3.8, 4) is 11.1 Å². The Labute approximate surface area is 179 Å². The number of anilines is 1. The summed E-state index contributed by atoms with van der Waals surface area (Å²) in [5, 5.41) is 5.43. The summed E-state index contributed by atoms with van der Waals surface area (Å²) in [5.41, 5.74) is 6.90. The number of rotatable bonds is 4. The monoisotopic (exact) mass is 417 g/mol. The lowest BCUT2D eigenvalue weighted by molar-refractivity contribution is -0.116. The first-order chi connectivity index (χ1) is 14.3. The first-order valence-corrected chi connectivity index (χ1v) is 10.6. The molecule has 0 aliphatic rings. The van der Waals surface area contributed by atoms with Gasteiger partial charge in [0.05, 0.1) is 11.7 Å². The van der Waals surface area contributed by atoms with Crippen LogP contribution in [0.1, 0.15) is 22.3 Å². The summed E-state index contributed by atoms with van der Waals surface area (Å²) >= 11 is 1.44. The molecule has 0 radical (unpaired) electrons. The van der Waals surface area contributed by atoms with E-state index < -0.39 is 0 Å². The van der Waals surface area contributed by atoms with Crippen molar-refractivity contribution in [3.63, 3.8) is 0 Å². The van der Waals surface area contributed by atoms with Crippen LogP contribution in [0.4, 0.5) is 5.69 Å². The van der Waals surface area contributed by atoms with Crippen LogP contribution in [0.5, 0.6) is 0 Å². The van der Waals surface area contributed by atoms with E-state index in [0.717, 1.165) is 27.9 Å². The van der Waals surface area contributed by atoms with Gasteiger partial charge >= 0.3 is 0 Å². The van der Waals surface area contributed by atoms with Gasteiger partial charge in [0, 0.05) is 16.6 Å². The zero-order chi connectivity index (χ0) is 21.4. The summed E-state index contributed by atoms with van der Waals surface area (Å²) < 4.78 is 1.38. The lowest BCUT2D eigenvalue weighted by Crippen LogP contribution is -2.28. The molecule has 2 heterocycles. The van der Waals surface area contributed by atoms with Crippen molar-refractivity contribution in [1.29, 1.82) is 0 Å². The van der Waals surface area contributed by atoms with Crippen molar-refractivity contribution in [2.24, 2.45) is 0 Å². The Bertz CT molecular complexity index is 1330. The van der Waals surface area contributed by atoms with E-state index in [-0.39, 0.29) is 18.0 Å². The largest absolute Gasteiger partial charge is 0.324 e. The summed E-state index contributed by atoms with van der Waals surface area (Å²) in [6, 6.07) is 11.9. The van der Waals surface area contributed by atoms with E-state index in [0.29, 0.717) is 10.2 Å². The minimum Gasteiger partial charge on any atom is -0.324 e. The standard InChI is InChI=1S/C24H23N3O2S/c1-14-8-9-18(10-16(14)3)19-12-30-23-22(19)24(29)27(13-25-23)11-21(28)26-20-7-5-6-15(2)17(20)4/h5-10,12-13H,11H2,1-4H3,(H,26,28). The Morgan fingerprint density at radius 2 is 1.87 bits per heavy atom. The number of nitrogens with one attached hydrogen (secondary N) is 1. The highest BCUT2D eigenvalue weighted by molar-refractivity contribution is 7.17. The number of amides is 1. The van der Waals surface area contributed by atoms with Gasteiger partial charge in [0.15, 0.2) is 0 Å². The maximum Gasteiger partial charge on any atom is 0.263 e. The number of nitrogens with zero attached hydrogens (tertiary/aromatic N) is 2. The number of fused-ring (bicyclic) bond motifs is 1. The second kappa shape index (κ2) is 7.88. The zero-order valence-corrected chi connectivity index (χ0v) is 18.3. The third-order valence-corrected chi connectivity index (χ3v) is 6.46. The van der Waals surface area contributed by atoms with Gasteiger partial charge in [0.25, 0.3) is 5.56 Å². The third-order valence-electron chi connectivity index (χ3n) is 5.57. The van der Waals surface area contributed by atoms with Gasteiger partial charge in [-0.3, -0.25) is 14.2 Å². The van der Waals surface area contributed by atoms with Crippen molar-refractivity contribution in [1.82, 2.24) is 9.55 Å². The van der Waals surface area contributed by atoms with Crippen LogP contribution >= 0.6 is 11.3 Å². The highest BCUT2D eigenvalue weighted by Crippen LogP contribution is 2.31. The van der Waals surface area contributed by atoms with Crippen LogP contribution in [0.15, 0.2) is 52.9 Å². The summed E-state index contributed by atoms with van der Waals surface area (Å²) in [6.45, 7) is 8.00. The highest BCUT2D eigenvalue weighted by atomic mass is 32.1. The number of carbonyl (C=O) groups excluding carboxylic acids is 1. The van der Waals surface area contributed by atoms with Gasteiger partial charge in [0.1, 0.15) is 11.4 Å². The number of aryl methyl sites for hydroxylation is 3. The van der Waals surface area contributed by atoms with Gasteiger partial charge in [-0.25, -0.2) is 4.98 Å². The molecule has 0 saturated heterocycles. The van der Waals surface area contributed by atoms with Crippen molar-refractivity contribution in [2.75, 3.05) is 5.32 Å². The van der Waals surface area contributed by atoms with Gasteiger partial charge < -0.3 is 5.32 Å². The molecule has 4 aromatic rings. The molecule has 0 spiro atoms. The summed E-state index contributed by atoms with van der Waals surface area (Å²) in [6.07, 6.45) is 1.45. The van der Waals surface area contributed by atoms with E-state index in [9.17, 15) is 9.59 Å². The Balaban J connectivity index is 1.68. The molecule has 6 heteroatoms.